The minimum Gasteiger partial charge on any atom is -0.326 e. The highest BCUT2D eigenvalue weighted by Gasteiger charge is 2.23. The van der Waals surface area contributed by atoms with Crippen molar-refractivity contribution in [2.24, 2.45) is 5.41 Å². The molecule has 0 fully saturated rings. The van der Waals surface area contributed by atoms with Gasteiger partial charge in [-0.15, -0.1) is 11.8 Å². The quantitative estimate of drug-likeness (QED) is 0.368. The predicted molar refractivity (Wildman–Crippen MR) is 139 cm³/mol. The normalized spacial score (nSPS) is 12.2. The van der Waals surface area contributed by atoms with Gasteiger partial charge >= 0.3 is 0 Å². The standard InChI is InChI=1S/C28H32N2O2S/c1-19-14-15-23(16-20(19)2)30-27(32)26(21-10-7-6-8-11-21)33-24-13-9-12-22(17-24)29-25(31)18-28(3,4)5/h6-17,26H,18H2,1-5H3,(H,29,31)(H,30,32). The molecule has 3 rings (SSSR count). The van der Waals surface area contributed by atoms with Gasteiger partial charge in [0, 0.05) is 22.7 Å². The lowest BCUT2D eigenvalue weighted by Gasteiger charge is -2.19. The molecule has 0 aromatic heterocycles. The molecule has 0 radical (unpaired) electrons. The van der Waals surface area contributed by atoms with E-state index in [1.165, 1.54) is 17.3 Å². The third-order valence-electron chi connectivity index (χ3n) is 5.18. The van der Waals surface area contributed by atoms with Crippen molar-refractivity contribution in [3.8, 4) is 0 Å². The zero-order valence-electron chi connectivity index (χ0n) is 19.9. The Morgan fingerprint density at radius 1 is 0.818 bits per heavy atom. The topological polar surface area (TPSA) is 58.2 Å². The zero-order chi connectivity index (χ0) is 24.0. The van der Waals surface area contributed by atoms with Gasteiger partial charge in [0.1, 0.15) is 5.25 Å². The van der Waals surface area contributed by atoms with E-state index in [0.717, 1.165) is 27.4 Å². The van der Waals surface area contributed by atoms with Crippen molar-refractivity contribution < 1.29 is 9.59 Å². The summed E-state index contributed by atoms with van der Waals surface area (Å²) >= 11 is 1.47. The molecule has 3 aromatic carbocycles. The summed E-state index contributed by atoms with van der Waals surface area (Å²) in [6.45, 7) is 10.2. The first-order valence-corrected chi connectivity index (χ1v) is 12.0. The lowest BCUT2D eigenvalue weighted by molar-refractivity contribution is -0.118. The molecule has 2 N–H and O–H groups in total. The first-order valence-electron chi connectivity index (χ1n) is 11.1. The molecular formula is C28H32N2O2S. The van der Waals surface area contributed by atoms with Crippen LogP contribution in [0.25, 0.3) is 0 Å². The molecule has 0 aliphatic heterocycles. The van der Waals surface area contributed by atoms with Crippen molar-refractivity contribution >= 4 is 35.0 Å². The Balaban J connectivity index is 1.80. The highest BCUT2D eigenvalue weighted by molar-refractivity contribution is 8.00. The summed E-state index contributed by atoms with van der Waals surface area (Å²) in [4.78, 5) is 26.6. The van der Waals surface area contributed by atoms with Crippen LogP contribution in [0.5, 0.6) is 0 Å². The van der Waals surface area contributed by atoms with Crippen molar-refractivity contribution in [3.63, 3.8) is 0 Å². The number of hydrogen-bond donors (Lipinski definition) is 2. The molecule has 2 amide bonds. The van der Waals surface area contributed by atoms with Gasteiger partial charge in [0.05, 0.1) is 0 Å². The van der Waals surface area contributed by atoms with E-state index in [2.05, 4.69) is 17.6 Å². The van der Waals surface area contributed by atoms with Crippen LogP contribution < -0.4 is 10.6 Å². The molecule has 172 valence electrons. The van der Waals surface area contributed by atoms with Crippen molar-refractivity contribution in [2.75, 3.05) is 10.6 Å². The number of carbonyl (C=O) groups excluding carboxylic acids is 2. The predicted octanol–water partition coefficient (Wildman–Crippen LogP) is 7.15. The van der Waals surface area contributed by atoms with Crippen molar-refractivity contribution in [1.82, 2.24) is 0 Å². The second kappa shape index (κ2) is 10.7. The largest absolute Gasteiger partial charge is 0.326 e. The van der Waals surface area contributed by atoms with Crippen LogP contribution in [-0.2, 0) is 9.59 Å². The van der Waals surface area contributed by atoms with Crippen LogP contribution >= 0.6 is 11.8 Å². The van der Waals surface area contributed by atoms with Crippen molar-refractivity contribution in [3.05, 3.63) is 89.5 Å². The maximum Gasteiger partial charge on any atom is 0.242 e. The lowest BCUT2D eigenvalue weighted by atomic mass is 9.92. The number of thioether (sulfide) groups is 1. The summed E-state index contributed by atoms with van der Waals surface area (Å²) < 4.78 is 0. The first kappa shape index (κ1) is 24.6. The van der Waals surface area contributed by atoms with Crippen LogP contribution in [0.4, 0.5) is 11.4 Å². The minimum absolute atomic E-state index is 0.0169. The average molecular weight is 461 g/mol. The summed E-state index contributed by atoms with van der Waals surface area (Å²) in [6, 6.07) is 23.3. The average Bonchev–Trinajstić information content (AvgIpc) is 2.74. The molecule has 0 heterocycles. The Bertz CT molecular complexity index is 1120. The number of nitrogens with one attached hydrogen (secondary N) is 2. The number of carbonyl (C=O) groups is 2. The van der Waals surface area contributed by atoms with Gasteiger partial charge in [-0.3, -0.25) is 9.59 Å². The smallest absolute Gasteiger partial charge is 0.242 e. The Morgan fingerprint density at radius 2 is 1.52 bits per heavy atom. The fraction of sp³-hybridized carbons (Fsp3) is 0.286. The van der Waals surface area contributed by atoms with E-state index in [4.69, 9.17) is 0 Å². The number of hydrogen-bond acceptors (Lipinski definition) is 3. The molecule has 0 bridgehead atoms. The van der Waals surface area contributed by atoms with Gasteiger partial charge in [0.25, 0.3) is 0 Å². The van der Waals surface area contributed by atoms with Crippen LogP contribution in [-0.4, -0.2) is 11.8 Å². The first-order chi connectivity index (χ1) is 15.6. The lowest BCUT2D eigenvalue weighted by Crippen LogP contribution is -2.20. The maximum atomic E-state index is 13.3. The van der Waals surface area contributed by atoms with E-state index >= 15 is 0 Å². The van der Waals surface area contributed by atoms with Crippen LogP contribution in [0, 0.1) is 19.3 Å². The Hall–Kier alpha value is -3.05. The number of anilines is 2. The van der Waals surface area contributed by atoms with E-state index in [0.29, 0.717) is 6.42 Å². The van der Waals surface area contributed by atoms with E-state index in [1.54, 1.807) is 0 Å². The number of benzene rings is 3. The van der Waals surface area contributed by atoms with E-state index in [9.17, 15) is 9.59 Å². The molecule has 4 nitrogen and oxygen atoms in total. The van der Waals surface area contributed by atoms with Gasteiger partial charge < -0.3 is 10.6 Å². The van der Waals surface area contributed by atoms with Crippen LogP contribution in [0.15, 0.2) is 77.7 Å². The monoisotopic (exact) mass is 460 g/mol. The Labute approximate surface area is 201 Å². The molecule has 33 heavy (non-hydrogen) atoms. The fourth-order valence-electron chi connectivity index (χ4n) is 3.40. The van der Waals surface area contributed by atoms with Gasteiger partial charge in [0.15, 0.2) is 0 Å². The van der Waals surface area contributed by atoms with Gasteiger partial charge in [-0.25, -0.2) is 0 Å². The van der Waals surface area contributed by atoms with E-state index < -0.39 is 5.25 Å². The SMILES string of the molecule is Cc1ccc(NC(=O)C(Sc2cccc(NC(=O)CC(C)(C)C)c2)c2ccccc2)cc1C. The molecule has 0 aliphatic rings. The molecule has 3 aromatic rings. The summed E-state index contributed by atoms with van der Waals surface area (Å²) in [6.07, 6.45) is 0.440. The Kier molecular flexibility index (Phi) is 7.98. The highest BCUT2D eigenvalue weighted by Crippen LogP contribution is 2.37. The second-order valence-corrected chi connectivity index (χ2v) is 10.7. The molecule has 0 saturated heterocycles. The third-order valence-corrected chi connectivity index (χ3v) is 6.43. The van der Waals surface area contributed by atoms with E-state index in [1.807, 2.05) is 100 Å². The number of aryl methyl sites for hydroxylation is 2. The summed E-state index contributed by atoms with van der Waals surface area (Å²) in [5.74, 6) is -0.103. The second-order valence-electron chi connectivity index (χ2n) is 9.51. The molecule has 0 aliphatic carbocycles. The van der Waals surface area contributed by atoms with Crippen LogP contribution in [0.1, 0.15) is 49.1 Å². The number of amides is 2. The molecule has 0 spiro atoms. The minimum atomic E-state index is -0.437. The Morgan fingerprint density at radius 3 is 2.18 bits per heavy atom. The molecule has 1 unspecified atom stereocenters. The number of rotatable bonds is 7. The van der Waals surface area contributed by atoms with Crippen LogP contribution in [0.3, 0.4) is 0 Å². The molecular weight excluding hydrogens is 428 g/mol. The van der Waals surface area contributed by atoms with Crippen molar-refractivity contribution in [1.29, 1.82) is 0 Å². The third kappa shape index (κ3) is 7.50. The molecule has 1 atom stereocenters. The van der Waals surface area contributed by atoms with Crippen LogP contribution in [0.2, 0.25) is 0 Å². The fourth-order valence-corrected chi connectivity index (χ4v) is 4.48. The molecule has 0 saturated carbocycles. The van der Waals surface area contributed by atoms with Gasteiger partial charge in [-0.05, 0) is 66.3 Å². The highest BCUT2D eigenvalue weighted by atomic mass is 32.2. The maximum absolute atomic E-state index is 13.3. The summed E-state index contributed by atoms with van der Waals surface area (Å²) in [7, 11) is 0. The van der Waals surface area contributed by atoms with Crippen molar-refractivity contribution in [2.45, 2.75) is 51.2 Å². The zero-order valence-corrected chi connectivity index (χ0v) is 20.8. The summed E-state index contributed by atoms with van der Waals surface area (Å²) in [5, 5.41) is 5.61. The van der Waals surface area contributed by atoms with Gasteiger partial charge in [-0.1, -0.05) is 63.2 Å². The summed E-state index contributed by atoms with van der Waals surface area (Å²) in [5.41, 5.74) is 4.68. The van der Waals surface area contributed by atoms with Gasteiger partial charge in [-0.2, -0.15) is 0 Å². The van der Waals surface area contributed by atoms with E-state index in [-0.39, 0.29) is 17.2 Å². The molecule has 5 heteroatoms. The van der Waals surface area contributed by atoms with Gasteiger partial charge in [0.2, 0.25) is 11.8 Å².